The van der Waals surface area contributed by atoms with Gasteiger partial charge in [-0.15, -0.1) is 0 Å². The van der Waals surface area contributed by atoms with Crippen LogP contribution in [0.3, 0.4) is 0 Å². The van der Waals surface area contributed by atoms with Gasteiger partial charge in [0.25, 0.3) is 11.1 Å². The highest BCUT2D eigenvalue weighted by Crippen LogP contribution is 2.37. The highest BCUT2D eigenvalue weighted by atomic mass is 35.5. The maximum atomic E-state index is 12.7. The minimum Gasteiger partial charge on any atom is -0.490 e. The van der Waals surface area contributed by atoms with Gasteiger partial charge in [0.1, 0.15) is 0 Å². The molecule has 0 aliphatic carbocycles. The van der Waals surface area contributed by atoms with E-state index in [1.54, 1.807) is 63.2 Å². The number of aryl methyl sites for hydroxylation is 2. The minimum atomic E-state index is -0.690. The van der Waals surface area contributed by atoms with E-state index in [1.807, 2.05) is 0 Å². The van der Waals surface area contributed by atoms with E-state index in [-0.39, 0.29) is 16.9 Å². The van der Waals surface area contributed by atoms with Crippen LogP contribution in [0.15, 0.2) is 52.1 Å². The molecular weight excluding hydrogens is 460 g/mol. The molecule has 0 bridgehead atoms. The van der Waals surface area contributed by atoms with Gasteiger partial charge in [-0.1, -0.05) is 17.7 Å². The summed E-state index contributed by atoms with van der Waals surface area (Å²) in [6.45, 7) is 5.62. The number of nitrogens with one attached hydrogen (secondary N) is 4. The fourth-order valence-corrected chi connectivity index (χ4v) is 4.01. The Morgan fingerprint density at radius 1 is 0.882 bits per heavy atom. The van der Waals surface area contributed by atoms with Gasteiger partial charge < -0.3 is 19.7 Å². The third-order valence-electron chi connectivity index (χ3n) is 5.49. The number of ether oxygens (including phenoxy) is 2. The number of carbonyl (C=O) groups excluding carboxylic acids is 1. The first kappa shape index (κ1) is 23.2. The Balaban J connectivity index is 1.80. The van der Waals surface area contributed by atoms with Crippen LogP contribution in [0.2, 0.25) is 5.02 Å². The SMILES string of the molecule is CCOc1cc(C(c2c(C)[nH][nH]c2=O)c2c(C)[nH][nH]c2=O)ccc1OC(=O)c1ccc(Cl)cc1. The van der Waals surface area contributed by atoms with E-state index in [0.717, 1.165) is 0 Å². The van der Waals surface area contributed by atoms with E-state index in [4.69, 9.17) is 21.1 Å². The van der Waals surface area contributed by atoms with E-state index >= 15 is 0 Å². The number of esters is 1. The first-order chi connectivity index (χ1) is 16.3. The van der Waals surface area contributed by atoms with Gasteiger partial charge in [0.05, 0.1) is 23.3 Å². The van der Waals surface area contributed by atoms with Crippen molar-refractivity contribution in [3.63, 3.8) is 0 Å². The van der Waals surface area contributed by atoms with Gasteiger partial charge in [-0.05, 0) is 62.7 Å². The van der Waals surface area contributed by atoms with E-state index in [9.17, 15) is 14.4 Å². The van der Waals surface area contributed by atoms with Gasteiger partial charge in [-0.2, -0.15) is 0 Å². The van der Waals surface area contributed by atoms with E-state index in [2.05, 4.69) is 20.4 Å². The Bertz CT molecular complexity index is 1390. The summed E-state index contributed by atoms with van der Waals surface area (Å²) in [5, 5.41) is 11.3. The van der Waals surface area contributed by atoms with Crippen LogP contribution < -0.4 is 20.6 Å². The maximum absolute atomic E-state index is 12.7. The molecule has 4 rings (SSSR count). The Kier molecular flexibility index (Phi) is 6.47. The predicted octanol–water partition coefficient (Wildman–Crippen LogP) is 3.79. The first-order valence-corrected chi connectivity index (χ1v) is 11.0. The van der Waals surface area contributed by atoms with Crippen molar-refractivity contribution in [3.8, 4) is 11.5 Å². The van der Waals surface area contributed by atoms with Gasteiger partial charge in [0.15, 0.2) is 11.5 Å². The zero-order valence-electron chi connectivity index (χ0n) is 18.7. The van der Waals surface area contributed by atoms with Crippen molar-refractivity contribution in [1.82, 2.24) is 20.4 Å². The Morgan fingerprint density at radius 3 is 1.97 bits per heavy atom. The summed E-state index contributed by atoms with van der Waals surface area (Å²) in [5.41, 5.74) is 2.30. The number of H-pyrrole nitrogens is 4. The summed E-state index contributed by atoms with van der Waals surface area (Å²) in [6.07, 6.45) is 0. The van der Waals surface area contributed by atoms with Crippen LogP contribution >= 0.6 is 11.6 Å². The molecule has 0 saturated carbocycles. The maximum Gasteiger partial charge on any atom is 0.343 e. The molecule has 4 aromatic rings. The molecule has 34 heavy (non-hydrogen) atoms. The number of carbonyl (C=O) groups is 1. The second-order valence-electron chi connectivity index (χ2n) is 7.70. The highest BCUT2D eigenvalue weighted by Gasteiger charge is 2.29. The molecule has 0 fully saturated rings. The van der Waals surface area contributed by atoms with Crippen molar-refractivity contribution in [2.75, 3.05) is 6.61 Å². The average molecular weight is 483 g/mol. The van der Waals surface area contributed by atoms with Crippen LogP contribution in [0.5, 0.6) is 11.5 Å². The van der Waals surface area contributed by atoms with Crippen molar-refractivity contribution in [3.05, 3.63) is 102 Å². The predicted molar refractivity (Wildman–Crippen MR) is 127 cm³/mol. The standard InChI is InChI=1S/C24H23ClN4O5/c1-4-33-18-11-15(7-10-17(18)34-24(32)14-5-8-16(25)9-6-14)21(19-12(2)26-28-22(19)30)20-13(3)27-29-23(20)31/h5-11,21H,4H2,1-3H3,(H2,26,28,30)(H2,27,29,31). The molecule has 176 valence electrons. The number of halogens is 1. The lowest BCUT2D eigenvalue weighted by molar-refractivity contribution is 0.0728. The molecule has 0 spiro atoms. The van der Waals surface area contributed by atoms with E-state index in [1.165, 1.54) is 0 Å². The Morgan fingerprint density at radius 2 is 1.47 bits per heavy atom. The molecule has 10 heteroatoms. The van der Waals surface area contributed by atoms with Gasteiger partial charge in [-0.25, -0.2) is 4.79 Å². The lowest BCUT2D eigenvalue weighted by Gasteiger charge is -2.18. The minimum absolute atomic E-state index is 0.212. The monoisotopic (exact) mass is 482 g/mol. The van der Waals surface area contributed by atoms with Crippen molar-refractivity contribution in [2.24, 2.45) is 0 Å². The topological polar surface area (TPSA) is 133 Å². The molecule has 0 radical (unpaired) electrons. The van der Waals surface area contributed by atoms with Crippen LogP contribution in [0.1, 0.15) is 51.3 Å². The summed E-state index contributed by atoms with van der Waals surface area (Å²) in [6, 6.07) is 11.3. The molecule has 2 aromatic heterocycles. The largest absolute Gasteiger partial charge is 0.490 e. The molecule has 0 atom stereocenters. The summed E-state index contributed by atoms with van der Waals surface area (Å²) >= 11 is 5.89. The number of aromatic amines is 4. The summed E-state index contributed by atoms with van der Waals surface area (Å²) in [4.78, 5) is 37.9. The summed E-state index contributed by atoms with van der Waals surface area (Å²) < 4.78 is 11.3. The highest BCUT2D eigenvalue weighted by molar-refractivity contribution is 6.30. The Hall–Kier alpha value is -3.98. The summed E-state index contributed by atoms with van der Waals surface area (Å²) in [7, 11) is 0. The number of aromatic nitrogens is 4. The molecule has 9 nitrogen and oxygen atoms in total. The lowest BCUT2D eigenvalue weighted by atomic mass is 9.85. The molecule has 2 heterocycles. The molecule has 0 aliphatic rings. The second-order valence-corrected chi connectivity index (χ2v) is 8.14. The third-order valence-corrected chi connectivity index (χ3v) is 5.74. The quantitative estimate of drug-likeness (QED) is 0.235. The number of hydrogen-bond donors (Lipinski definition) is 4. The van der Waals surface area contributed by atoms with Crippen molar-refractivity contribution < 1.29 is 14.3 Å². The lowest BCUT2D eigenvalue weighted by Crippen LogP contribution is -2.20. The smallest absolute Gasteiger partial charge is 0.343 e. The van der Waals surface area contributed by atoms with Crippen LogP contribution in [-0.4, -0.2) is 33.0 Å². The normalized spacial score (nSPS) is 11.1. The van der Waals surface area contributed by atoms with E-state index in [0.29, 0.717) is 51.0 Å². The zero-order valence-corrected chi connectivity index (χ0v) is 19.5. The van der Waals surface area contributed by atoms with Gasteiger partial charge in [0, 0.05) is 22.3 Å². The third kappa shape index (κ3) is 4.42. The van der Waals surface area contributed by atoms with Crippen molar-refractivity contribution in [1.29, 1.82) is 0 Å². The van der Waals surface area contributed by atoms with Crippen LogP contribution in [0.25, 0.3) is 0 Å². The second kappa shape index (κ2) is 9.48. The molecule has 0 unspecified atom stereocenters. The fraction of sp³-hybridized carbons (Fsp3) is 0.208. The number of benzene rings is 2. The first-order valence-electron chi connectivity index (χ1n) is 10.6. The van der Waals surface area contributed by atoms with E-state index < -0.39 is 11.9 Å². The molecule has 0 amide bonds. The average Bonchev–Trinajstić information content (AvgIpc) is 3.32. The zero-order chi connectivity index (χ0) is 24.4. The number of rotatable bonds is 7. The molecule has 0 saturated heterocycles. The van der Waals surface area contributed by atoms with Gasteiger partial charge in [0.2, 0.25) is 0 Å². The van der Waals surface area contributed by atoms with Gasteiger partial charge in [-0.3, -0.25) is 19.8 Å². The van der Waals surface area contributed by atoms with Crippen LogP contribution in [0.4, 0.5) is 0 Å². The molecule has 0 aliphatic heterocycles. The molecule has 2 aromatic carbocycles. The molecular formula is C24H23ClN4O5. The Labute approximate surface area is 199 Å². The summed E-state index contributed by atoms with van der Waals surface area (Å²) in [5.74, 6) is -0.742. The number of hydrogen-bond acceptors (Lipinski definition) is 5. The molecule has 4 N–H and O–H groups in total. The fourth-order valence-electron chi connectivity index (χ4n) is 3.89. The van der Waals surface area contributed by atoms with Crippen LogP contribution in [0, 0.1) is 13.8 Å². The van der Waals surface area contributed by atoms with Gasteiger partial charge >= 0.3 is 5.97 Å². The van der Waals surface area contributed by atoms with Crippen LogP contribution in [-0.2, 0) is 0 Å². The van der Waals surface area contributed by atoms with Crippen molar-refractivity contribution >= 4 is 17.6 Å². The van der Waals surface area contributed by atoms with Crippen molar-refractivity contribution in [2.45, 2.75) is 26.7 Å².